The molecule has 0 atom stereocenters. The van der Waals surface area contributed by atoms with Crippen LogP contribution < -0.4 is 9.62 Å². The largest absolute Gasteiger partial charge is 0.416 e. The second-order valence-electron chi connectivity index (χ2n) is 7.00. The summed E-state index contributed by atoms with van der Waals surface area (Å²) in [6.07, 6.45) is -2.72. The van der Waals surface area contributed by atoms with Crippen LogP contribution in [0.5, 0.6) is 0 Å². The molecule has 0 heterocycles. The second-order valence-corrected chi connectivity index (χ2v) is 8.90. The number of carbonyl (C=O) groups excluding carboxylic acids is 1. The third kappa shape index (κ3) is 6.22. The zero-order chi connectivity index (χ0) is 22.5. The predicted molar refractivity (Wildman–Crippen MR) is 112 cm³/mol. The fraction of sp³-hybridized carbons (Fsp3) is 0.381. The Hall–Kier alpha value is -2.55. The molecule has 0 unspecified atom stereocenters. The fourth-order valence-corrected chi connectivity index (χ4v) is 4.07. The Balaban J connectivity index is 2.09. The molecule has 0 saturated heterocycles. The smallest absolute Gasteiger partial charge is 0.326 e. The number of rotatable bonds is 8. The number of para-hydroxylation sites is 1. The summed E-state index contributed by atoms with van der Waals surface area (Å²) in [6, 6.07) is 9.84. The summed E-state index contributed by atoms with van der Waals surface area (Å²) >= 11 is 0. The minimum Gasteiger partial charge on any atom is -0.326 e. The Labute approximate surface area is 175 Å². The third-order valence-electron chi connectivity index (χ3n) is 4.63. The lowest BCUT2D eigenvalue weighted by atomic mass is 10.1. The lowest BCUT2D eigenvalue weighted by molar-refractivity contribution is -0.137. The highest BCUT2D eigenvalue weighted by atomic mass is 32.2. The highest BCUT2D eigenvalue weighted by Gasteiger charge is 2.31. The summed E-state index contributed by atoms with van der Waals surface area (Å²) in [4.78, 5) is 12.4. The molecule has 0 bridgehead atoms. The Bertz CT molecular complexity index is 1000. The van der Waals surface area contributed by atoms with Crippen molar-refractivity contribution in [2.75, 3.05) is 22.4 Å². The number of carbonyl (C=O) groups is 1. The van der Waals surface area contributed by atoms with Crippen molar-refractivity contribution >= 4 is 27.3 Å². The normalized spacial score (nSPS) is 11.9. The summed E-state index contributed by atoms with van der Waals surface area (Å²) < 4.78 is 64.1. The maximum absolute atomic E-state index is 13.0. The number of sulfonamides is 1. The number of amides is 1. The van der Waals surface area contributed by atoms with Gasteiger partial charge in [-0.05, 0) is 49.1 Å². The van der Waals surface area contributed by atoms with Crippen LogP contribution in [0, 0.1) is 6.92 Å². The van der Waals surface area contributed by atoms with Crippen LogP contribution in [0.4, 0.5) is 24.5 Å². The van der Waals surface area contributed by atoms with Gasteiger partial charge in [0.2, 0.25) is 15.9 Å². The number of hydrogen-bond donors (Lipinski definition) is 1. The topological polar surface area (TPSA) is 66.5 Å². The molecule has 1 N–H and O–H groups in total. The molecule has 2 rings (SSSR count). The van der Waals surface area contributed by atoms with E-state index in [0.717, 1.165) is 52.0 Å². The van der Waals surface area contributed by atoms with Crippen molar-refractivity contribution < 1.29 is 26.4 Å². The molecule has 2 aromatic rings. The van der Waals surface area contributed by atoms with Crippen molar-refractivity contribution in [3.63, 3.8) is 0 Å². The van der Waals surface area contributed by atoms with E-state index in [1.54, 1.807) is 0 Å². The van der Waals surface area contributed by atoms with Gasteiger partial charge in [-0.15, -0.1) is 0 Å². The molecule has 0 aromatic heterocycles. The van der Waals surface area contributed by atoms with Gasteiger partial charge in [0.25, 0.3) is 0 Å². The second kappa shape index (κ2) is 9.51. The third-order valence-corrected chi connectivity index (χ3v) is 5.83. The lowest BCUT2D eigenvalue weighted by Crippen LogP contribution is -2.31. The molecule has 5 nitrogen and oxygen atoms in total. The standard InChI is InChI=1S/C21H25F3N2O3S/c1-4-16-9-5-8-15(2)20(16)25-19(27)12-7-13-26(30(3,28)29)18-11-6-10-17(14-18)21(22,23)24/h5-6,8-11,14H,4,7,12-13H2,1-3H3,(H,25,27). The minimum atomic E-state index is -4.58. The maximum atomic E-state index is 13.0. The number of alkyl halides is 3. The fourth-order valence-electron chi connectivity index (χ4n) is 3.11. The first-order chi connectivity index (χ1) is 13.9. The monoisotopic (exact) mass is 442 g/mol. The highest BCUT2D eigenvalue weighted by Crippen LogP contribution is 2.32. The number of anilines is 2. The van der Waals surface area contributed by atoms with E-state index < -0.39 is 21.8 Å². The van der Waals surface area contributed by atoms with Crippen LogP contribution in [0.25, 0.3) is 0 Å². The molecule has 0 spiro atoms. The van der Waals surface area contributed by atoms with Gasteiger partial charge in [0.15, 0.2) is 0 Å². The van der Waals surface area contributed by atoms with E-state index in [-0.39, 0.29) is 31.0 Å². The van der Waals surface area contributed by atoms with Crippen LogP contribution in [0.3, 0.4) is 0 Å². The van der Waals surface area contributed by atoms with E-state index in [0.29, 0.717) is 0 Å². The first kappa shape index (κ1) is 23.7. The number of nitrogens with one attached hydrogen (secondary N) is 1. The SMILES string of the molecule is CCc1cccc(C)c1NC(=O)CCCN(c1cccc(C(F)(F)F)c1)S(C)(=O)=O. The maximum Gasteiger partial charge on any atom is 0.416 e. The van der Waals surface area contributed by atoms with Gasteiger partial charge >= 0.3 is 6.18 Å². The predicted octanol–water partition coefficient (Wildman–Crippen LogP) is 4.76. The Morgan fingerprint density at radius 1 is 1.13 bits per heavy atom. The van der Waals surface area contributed by atoms with E-state index >= 15 is 0 Å². The molecule has 2 aromatic carbocycles. The Morgan fingerprint density at radius 3 is 2.40 bits per heavy atom. The first-order valence-corrected chi connectivity index (χ1v) is 11.3. The van der Waals surface area contributed by atoms with E-state index in [2.05, 4.69) is 5.32 Å². The molecule has 0 aliphatic rings. The zero-order valence-electron chi connectivity index (χ0n) is 17.1. The zero-order valence-corrected chi connectivity index (χ0v) is 17.9. The lowest BCUT2D eigenvalue weighted by Gasteiger charge is -2.23. The number of benzene rings is 2. The molecule has 164 valence electrons. The van der Waals surface area contributed by atoms with Gasteiger partial charge in [0.1, 0.15) is 0 Å². The summed E-state index contributed by atoms with van der Waals surface area (Å²) in [6.45, 7) is 3.75. The number of aryl methyl sites for hydroxylation is 2. The molecule has 0 fully saturated rings. The minimum absolute atomic E-state index is 0.0302. The van der Waals surface area contributed by atoms with Crippen molar-refractivity contribution in [2.24, 2.45) is 0 Å². The number of nitrogens with zero attached hydrogens (tertiary/aromatic N) is 1. The average Bonchev–Trinajstić information content (AvgIpc) is 2.65. The van der Waals surface area contributed by atoms with Gasteiger partial charge < -0.3 is 5.32 Å². The van der Waals surface area contributed by atoms with Crippen molar-refractivity contribution in [1.29, 1.82) is 0 Å². The van der Waals surface area contributed by atoms with Crippen molar-refractivity contribution in [3.8, 4) is 0 Å². The van der Waals surface area contributed by atoms with E-state index in [4.69, 9.17) is 0 Å². The quantitative estimate of drug-likeness (QED) is 0.641. The molecule has 0 aliphatic carbocycles. The molecule has 9 heteroatoms. The van der Waals surface area contributed by atoms with Crippen LogP contribution >= 0.6 is 0 Å². The molecule has 1 amide bonds. The molecule has 30 heavy (non-hydrogen) atoms. The van der Waals surface area contributed by atoms with Crippen LogP contribution in [0.2, 0.25) is 0 Å². The van der Waals surface area contributed by atoms with Crippen LogP contribution in [-0.2, 0) is 27.4 Å². The van der Waals surface area contributed by atoms with Gasteiger partial charge in [-0.3, -0.25) is 9.10 Å². The van der Waals surface area contributed by atoms with Crippen LogP contribution in [-0.4, -0.2) is 27.1 Å². The van der Waals surface area contributed by atoms with E-state index in [1.807, 2.05) is 32.0 Å². The Kier molecular flexibility index (Phi) is 7.52. The number of halogens is 3. The van der Waals surface area contributed by atoms with Crippen molar-refractivity contribution in [1.82, 2.24) is 0 Å². The first-order valence-electron chi connectivity index (χ1n) is 9.46. The van der Waals surface area contributed by atoms with Gasteiger partial charge in [0.05, 0.1) is 17.5 Å². The number of hydrogen-bond acceptors (Lipinski definition) is 3. The van der Waals surface area contributed by atoms with Crippen molar-refractivity contribution in [3.05, 3.63) is 59.2 Å². The van der Waals surface area contributed by atoms with Crippen LogP contribution in [0.1, 0.15) is 36.5 Å². The average molecular weight is 443 g/mol. The molecular weight excluding hydrogens is 417 g/mol. The highest BCUT2D eigenvalue weighted by molar-refractivity contribution is 7.92. The van der Waals surface area contributed by atoms with Gasteiger partial charge in [-0.1, -0.05) is 31.2 Å². The van der Waals surface area contributed by atoms with E-state index in [1.165, 1.54) is 6.07 Å². The summed E-state index contributed by atoms with van der Waals surface area (Å²) in [5.74, 6) is -0.281. The molecular formula is C21H25F3N2O3S. The van der Waals surface area contributed by atoms with Gasteiger partial charge in [-0.2, -0.15) is 13.2 Å². The van der Waals surface area contributed by atoms with E-state index in [9.17, 15) is 26.4 Å². The summed E-state index contributed by atoms with van der Waals surface area (Å²) in [5, 5.41) is 2.86. The molecule has 0 saturated carbocycles. The van der Waals surface area contributed by atoms with Gasteiger partial charge in [0, 0.05) is 18.7 Å². The van der Waals surface area contributed by atoms with Crippen LogP contribution in [0.15, 0.2) is 42.5 Å². The summed E-state index contributed by atoms with van der Waals surface area (Å²) in [5.41, 5.74) is 1.63. The Morgan fingerprint density at radius 2 is 1.80 bits per heavy atom. The summed E-state index contributed by atoms with van der Waals surface area (Å²) in [7, 11) is -3.82. The molecule has 0 aliphatic heterocycles. The molecule has 0 radical (unpaired) electrons. The van der Waals surface area contributed by atoms with Gasteiger partial charge in [-0.25, -0.2) is 8.42 Å². The van der Waals surface area contributed by atoms with Crippen molar-refractivity contribution in [2.45, 2.75) is 39.3 Å².